The molecule has 1 aromatic carbocycles. The van der Waals surface area contributed by atoms with Crippen LogP contribution in [-0.2, 0) is 14.1 Å². The fourth-order valence-electron chi connectivity index (χ4n) is 2.35. The quantitative estimate of drug-likeness (QED) is 0.743. The standard InChI is InChI=1S/C14H12ClN3O2/c1-17-10-7-16-12(8-5-3-4-6-9(8)15)11(10)13(19)18(2)14(17)20/h3-7,16H,1-2H3. The van der Waals surface area contributed by atoms with Crippen LogP contribution in [0.25, 0.3) is 22.2 Å². The van der Waals surface area contributed by atoms with Gasteiger partial charge >= 0.3 is 5.69 Å². The van der Waals surface area contributed by atoms with Crippen molar-refractivity contribution in [2.75, 3.05) is 0 Å². The minimum absolute atomic E-state index is 0.334. The summed E-state index contributed by atoms with van der Waals surface area (Å²) < 4.78 is 2.53. The van der Waals surface area contributed by atoms with Gasteiger partial charge in [-0.3, -0.25) is 13.9 Å². The van der Waals surface area contributed by atoms with Crippen molar-refractivity contribution in [3.8, 4) is 11.3 Å². The van der Waals surface area contributed by atoms with Crippen LogP contribution >= 0.6 is 11.6 Å². The Balaban J connectivity index is 2.50. The van der Waals surface area contributed by atoms with Crippen LogP contribution in [0.3, 0.4) is 0 Å². The molecule has 0 amide bonds. The number of aromatic nitrogens is 3. The summed E-state index contributed by atoms with van der Waals surface area (Å²) >= 11 is 6.18. The Labute approximate surface area is 119 Å². The molecule has 0 saturated carbocycles. The van der Waals surface area contributed by atoms with E-state index in [1.165, 1.54) is 11.6 Å². The van der Waals surface area contributed by atoms with E-state index in [1.807, 2.05) is 18.2 Å². The second kappa shape index (κ2) is 4.38. The van der Waals surface area contributed by atoms with Crippen molar-refractivity contribution in [1.29, 1.82) is 0 Å². The normalized spacial score (nSPS) is 11.2. The molecule has 0 saturated heterocycles. The minimum atomic E-state index is -0.354. The number of halogens is 1. The molecule has 0 atom stereocenters. The number of aryl methyl sites for hydroxylation is 1. The average molecular weight is 290 g/mol. The highest BCUT2D eigenvalue weighted by atomic mass is 35.5. The van der Waals surface area contributed by atoms with Crippen LogP contribution in [-0.4, -0.2) is 14.1 Å². The lowest BCUT2D eigenvalue weighted by Crippen LogP contribution is -2.36. The van der Waals surface area contributed by atoms with Gasteiger partial charge < -0.3 is 4.98 Å². The molecule has 3 rings (SSSR count). The van der Waals surface area contributed by atoms with Crippen LogP contribution < -0.4 is 11.2 Å². The number of nitrogens with one attached hydrogen (secondary N) is 1. The summed E-state index contributed by atoms with van der Waals surface area (Å²) in [7, 11) is 3.10. The second-order valence-corrected chi connectivity index (χ2v) is 5.02. The Kier molecular flexibility index (Phi) is 2.79. The summed E-state index contributed by atoms with van der Waals surface area (Å²) in [5.74, 6) is 0. The molecular formula is C14H12ClN3O2. The first-order valence-corrected chi connectivity index (χ1v) is 6.42. The lowest BCUT2D eigenvalue weighted by Gasteiger charge is -2.06. The molecule has 0 aliphatic carbocycles. The lowest BCUT2D eigenvalue weighted by atomic mass is 10.1. The molecule has 0 aliphatic heterocycles. The number of nitrogens with zero attached hydrogens (tertiary/aromatic N) is 2. The maximum atomic E-state index is 12.4. The maximum absolute atomic E-state index is 12.4. The van der Waals surface area contributed by atoms with Gasteiger partial charge in [0.2, 0.25) is 0 Å². The zero-order valence-corrected chi connectivity index (χ0v) is 11.7. The highest BCUT2D eigenvalue weighted by Gasteiger charge is 2.16. The first kappa shape index (κ1) is 12.7. The predicted molar refractivity (Wildman–Crippen MR) is 79.2 cm³/mol. The Hall–Kier alpha value is -2.27. The van der Waals surface area contributed by atoms with E-state index >= 15 is 0 Å². The molecule has 20 heavy (non-hydrogen) atoms. The number of rotatable bonds is 1. The molecule has 3 aromatic rings. The maximum Gasteiger partial charge on any atom is 0.330 e. The predicted octanol–water partition coefficient (Wildman–Crippen LogP) is 1.89. The van der Waals surface area contributed by atoms with Crippen molar-refractivity contribution in [3.05, 3.63) is 56.3 Å². The molecule has 5 nitrogen and oxygen atoms in total. The van der Waals surface area contributed by atoms with Crippen LogP contribution in [0.4, 0.5) is 0 Å². The zero-order chi connectivity index (χ0) is 14.4. The highest BCUT2D eigenvalue weighted by molar-refractivity contribution is 6.33. The van der Waals surface area contributed by atoms with Gasteiger partial charge in [-0.05, 0) is 6.07 Å². The molecular weight excluding hydrogens is 278 g/mol. The molecule has 0 spiro atoms. The fourth-order valence-corrected chi connectivity index (χ4v) is 2.58. The van der Waals surface area contributed by atoms with Crippen LogP contribution in [0.15, 0.2) is 40.1 Å². The van der Waals surface area contributed by atoms with Gasteiger partial charge in [0.1, 0.15) is 0 Å². The molecule has 102 valence electrons. The van der Waals surface area contributed by atoms with Crippen molar-refractivity contribution in [2.24, 2.45) is 14.1 Å². The van der Waals surface area contributed by atoms with E-state index < -0.39 is 0 Å². The van der Waals surface area contributed by atoms with E-state index in [4.69, 9.17) is 11.6 Å². The summed E-state index contributed by atoms with van der Waals surface area (Å²) in [6.45, 7) is 0. The summed E-state index contributed by atoms with van der Waals surface area (Å²) in [6.07, 6.45) is 1.65. The van der Waals surface area contributed by atoms with Gasteiger partial charge in [0.15, 0.2) is 0 Å². The van der Waals surface area contributed by atoms with E-state index in [2.05, 4.69) is 4.98 Å². The molecule has 2 aromatic heterocycles. The first-order chi connectivity index (χ1) is 9.52. The molecule has 0 unspecified atom stereocenters. The van der Waals surface area contributed by atoms with Crippen molar-refractivity contribution >= 4 is 22.5 Å². The SMILES string of the molecule is Cn1c(=O)c2c(-c3ccccc3Cl)[nH]cc2n(C)c1=O. The highest BCUT2D eigenvalue weighted by Crippen LogP contribution is 2.30. The lowest BCUT2D eigenvalue weighted by molar-refractivity contribution is 0.714. The summed E-state index contributed by atoms with van der Waals surface area (Å²) in [5, 5.41) is 1.01. The largest absolute Gasteiger partial charge is 0.359 e. The summed E-state index contributed by atoms with van der Waals surface area (Å²) in [5.41, 5.74) is 1.24. The van der Waals surface area contributed by atoms with Gasteiger partial charge in [0, 0.05) is 30.9 Å². The summed E-state index contributed by atoms with van der Waals surface area (Å²) in [4.78, 5) is 27.3. The van der Waals surface area contributed by atoms with Gasteiger partial charge in [-0.25, -0.2) is 4.79 Å². The van der Waals surface area contributed by atoms with Crippen LogP contribution in [0, 0.1) is 0 Å². The van der Waals surface area contributed by atoms with Gasteiger partial charge in [-0.1, -0.05) is 29.8 Å². The second-order valence-electron chi connectivity index (χ2n) is 4.61. The molecule has 0 bridgehead atoms. The van der Waals surface area contributed by atoms with Crippen LogP contribution in [0.5, 0.6) is 0 Å². The molecule has 0 fully saturated rings. The van der Waals surface area contributed by atoms with Gasteiger partial charge in [0.05, 0.1) is 16.6 Å². The van der Waals surface area contributed by atoms with Gasteiger partial charge in [-0.2, -0.15) is 0 Å². The Bertz CT molecular complexity index is 934. The fraction of sp³-hybridized carbons (Fsp3) is 0.143. The monoisotopic (exact) mass is 289 g/mol. The first-order valence-electron chi connectivity index (χ1n) is 6.04. The number of benzene rings is 1. The Morgan fingerprint density at radius 1 is 1.10 bits per heavy atom. The van der Waals surface area contributed by atoms with Gasteiger partial charge in [-0.15, -0.1) is 0 Å². The number of H-pyrrole nitrogens is 1. The van der Waals surface area contributed by atoms with Crippen molar-refractivity contribution < 1.29 is 0 Å². The third kappa shape index (κ3) is 1.63. The minimum Gasteiger partial charge on any atom is -0.359 e. The van der Waals surface area contributed by atoms with Crippen LogP contribution in [0.2, 0.25) is 5.02 Å². The number of hydrogen-bond acceptors (Lipinski definition) is 2. The Morgan fingerprint density at radius 3 is 2.50 bits per heavy atom. The van der Waals surface area contributed by atoms with Crippen molar-refractivity contribution in [2.45, 2.75) is 0 Å². The number of fused-ring (bicyclic) bond motifs is 1. The van der Waals surface area contributed by atoms with E-state index in [0.29, 0.717) is 21.6 Å². The third-order valence-corrected chi connectivity index (χ3v) is 3.79. The van der Waals surface area contributed by atoms with E-state index in [-0.39, 0.29) is 11.2 Å². The smallest absolute Gasteiger partial charge is 0.330 e. The van der Waals surface area contributed by atoms with E-state index in [9.17, 15) is 9.59 Å². The van der Waals surface area contributed by atoms with Crippen molar-refractivity contribution in [3.63, 3.8) is 0 Å². The Morgan fingerprint density at radius 2 is 1.80 bits per heavy atom. The molecule has 1 N–H and O–H groups in total. The van der Waals surface area contributed by atoms with Gasteiger partial charge in [0.25, 0.3) is 5.56 Å². The van der Waals surface area contributed by atoms with Crippen molar-refractivity contribution in [1.82, 2.24) is 14.1 Å². The molecule has 2 heterocycles. The third-order valence-electron chi connectivity index (χ3n) is 3.46. The zero-order valence-electron chi connectivity index (χ0n) is 11.0. The summed E-state index contributed by atoms with van der Waals surface area (Å²) in [6, 6.07) is 7.26. The van der Waals surface area contributed by atoms with E-state index in [0.717, 1.165) is 10.1 Å². The topological polar surface area (TPSA) is 59.8 Å². The average Bonchev–Trinajstić information content (AvgIpc) is 2.88. The number of hydrogen-bond donors (Lipinski definition) is 1. The molecule has 6 heteroatoms. The van der Waals surface area contributed by atoms with E-state index in [1.54, 1.807) is 19.3 Å². The molecule has 0 radical (unpaired) electrons. The molecule has 0 aliphatic rings. The number of aromatic amines is 1. The van der Waals surface area contributed by atoms with Crippen LogP contribution in [0.1, 0.15) is 0 Å².